The molecule has 1 fully saturated rings. The molecule has 1 aromatic rings. The fourth-order valence-electron chi connectivity index (χ4n) is 3.00. The number of likely N-dealkylation sites (tertiary alicyclic amines) is 1. The van der Waals surface area contributed by atoms with Crippen LogP contribution in [0, 0.1) is 0 Å². The van der Waals surface area contributed by atoms with Gasteiger partial charge >= 0.3 is 0 Å². The van der Waals surface area contributed by atoms with Gasteiger partial charge in [0.25, 0.3) is 0 Å². The lowest BCUT2D eigenvalue weighted by atomic mass is 9.87. The molecule has 0 bridgehead atoms. The van der Waals surface area contributed by atoms with Crippen LogP contribution in [0.4, 0.5) is 0 Å². The summed E-state index contributed by atoms with van der Waals surface area (Å²) in [6, 6.07) is 10.6. The summed E-state index contributed by atoms with van der Waals surface area (Å²) >= 11 is 0. The maximum atomic E-state index is 6.09. The number of piperidine rings is 1. The molecular weight excluding hydrogens is 222 g/mol. The van der Waals surface area contributed by atoms with Gasteiger partial charge in [-0.1, -0.05) is 30.3 Å². The molecule has 100 valence electrons. The molecule has 1 atom stereocenters. The highest BCUT2D eigenvalue weighted by molar-refractivity contribution is 5.15. The first kappa shape index (κ1) is 13.5. The maximum absolute atomic E-state index is 6.09. The van der Waals surface area contributed by atoms with E-state index in [9.17, 15) is 0 Å². The standard InChI is InChI=1S/C15H25N3/c1-17-10-6-9-15(12-16,13-17)18(2)11-14-7-4-3-5-8-14/h3-5,7-8H,6,9-13,16H2,1-2H3. The highest BCUT2D eigenvalue weighted by Crippen LogP contribution is 2.26. The van der Waals surface area contributed by atoms with Crippen molar-refractivity contribution in [2.75, 3.05) is 33.7 Å². The summed E-state index contributed by atoms with van der Waals surface area (Å²) in [6.07, 6.45) is 2.45. The highest BCUT2D eigenvalue weighted by atomic mass is 15.3. The van der Waals surface area contributed by atoms with Crippen LogP contribution in [0.25, 0.3) is 0 Å². The Labute approximate surface area is 111 Å². The Morgan fingerprint density at radius 1 is 1.33 bits per heavy atom. The summed E-state index contributed by atoms with van der Waals surface area (Å²) in [5.74, 6) is 0. The highest BCUT2D eigenvalue weighted by Gasteiger charge is 2.36. The predicted molar refractivity (Wildman–Crippen MR) is 76.4 cm³/mol. The van der Waals surface area contributed by atoms with Crippen molar-refractivity contribution in [3.05, 3.63) is 35.9 Å². The molecule has 3 heteroatoms. The van der Waals surface area contributed by atoms with Gasteiger partial charge in [0.15, 0.2) is 0 Å². The number of hydrogen-bond acceptors (Lipinski definition) is 3. The first-order chi connectivity index (χ1) is 8.66. The Bertz CT molecular complexity index is 365. The van der Waals surface area contributed by atoms with Crippen LogP contribution in [-0.2, 0) is 6.54 Å². The molecule has 1 unspecified atom stereocenters. The molecule has 3 nitrogen and oxygen atoms in total. The average molecular weight is 247 g/mol. The van der Waals surface area contributed by atoms with Crippen molar-refractivity contribution in [1.29, 1.82) is 0 Å². The van der Waals surface area contributed by atoms with Gasteiger partial charge in [-0.25, -0.2) is 0 Å². The monoisotopic (exact) mass is 247 g/mol. The molecule has 0 aliphatic carbocycles. The van der Waals surface area contributed by atoms with Crippen molar-refractivity contribution in [1.82, 2.24) is 9.80 Å². The summed E-state index contributed by atoms with van der Waals surface area (Å²) in [6.45, 7) is 3.99. The zero-order valence-electron chi connectivity index (χ0n) is 11.6. The minimum Gasteiger partial charge on any atom is -0.329 e. The predicted octanol–water partition coefficient (Wildman–Crippen LogP) is 1.54. The van der Waals surface area contributed by atoms with Crippen molar-refractivity contribution in [2.45, 2.75) is 24.9 Å². The van der Waals surface area contributed by atoms with Crippen LogP contribution in [0.1, 0.15) is 18.4 Å². The third-order valence-corrected chi connectivity index (χ3v) is 4.20. The maximum Gasteiger partial charge on any atom is 0.0459 e. The third-order valence-electron chi connectivity index (χ3n) is 4.20. The van der Waals surface area contributed by atoms with Crippen LogP contribution in [-0.4, -0.2) is 49.1 Å². The van der Waals surface area contributed by atoms with Crippen molar-refractivity contribution >= 4 is 0 Å². The van der Waals surface area contributed by atoms with Crippen LogP contribution in [0.15, 0.2) is 30.3 Å². The van der Waals surface area contributed by atoms with Crippen molar-refractivity contribution in [3.8, 4) is 0 Å². The fraction of sp³-hybridized carbons (Fsp3) is 0.600. The average Bonchev–Trinajstić information content (AvgIpc) is 2.39. The minimum absolute atomic E-state index is 0.142. The minimum atomic E-state index is 0.142. The smallest absolute Gasteiger partial charge is 0.0459 e. The zero-order chi connectivity index (χ0) is 13.0. The Morgan fingerprint density at radius 3 is 2.67 bits per heavy atom. The molecule has 0 saturated carbocycles. The van der Waals surface area contributed by atoms with E-state index < -0.39 is 0 Å². The topological polar surface area (TPSA) is 32.5 Å². The van der Waals surface area contributed by atoms with Gasteiger partial charge in [-0.2, -0.15) is 0 Å². The molecule has 2 rings (SSSR count). The van der Waals surface area contributed by atoms with Crippen molar-refractivity contribution in [2.24, 2.45) is 5.73 Å². The lowest BCUT2D eigenvalue weighted by Gasteiger charge is -2.47. The van der Waals surface area contributed by atoms with E-state index >= 15 is 0 Å². The Morgan fingerprint density at radius 2 is 2.06 bits per heavy atom. The van der Waals surface area contributed by atoms with Gasteiger partial charge in [-0.05, 0) is 39.0 Å². The van der Waals surface area contributed by atoms with E-state index in [2.05, 4.69) is 54.2 Å². The summed E-state index contributed by atoms with van der Waals surface area (Å²) in [4.78, 5) is 4.84. The van der Waals surface area contributed by atoms with Crippen LogP contribution in [0.2, 0.25) is 0 Å². The van der Waals surface area contributed by atoms with Gasteiger partial charge in [-0.15, -0.1) is 0 Å². The van der Waals surface area contributed by atoms with E-state index in [4.69, 9.17) is 5.73 Å². The molecule has 18 heavy (non-hydrogen) atoms. The second-order valence-corrected chi connectivity index (χ2v) is 5.61. The number of benzene rings is 1. The lowest BCUT2D eigenvalue weighted by molar-refractivity contribution is 0.0396. The van der Waals surface area contributed by atoms with Gasteiger partial charge in [-0.3, -0.25) is 4.90 Å². The molecule has 0 spiro atoms. The molecule has 1 aliphatic heterocycles. The molecule has 1 aliphatic rings. The molecule has 2 N–H and O–H groups in total. The van der Waals surface area contributed by atoms with E-state index in [1.807, 2.05) is 0 Å². The summed E-state index contributed by atoms with van der Waals surface area (Å²) in [7, 11) is 4.40. The van der Waals surface area contributed by atoms with Crippen molar-refractivity contribution < 1.29 is 0 Å². The summed E-state index contributed by atoms with van der Waals surface area (Å²) in [5.41, 5.74) is 7.59. The van der Waals surface area contributed by atoms with Gasteiger partial charge in [0, 0.05) is 25.2 Å². The molecule has 1 heterocycles. The molecular formula is C15H25N3. The van der Waals surface area contributed by atoms with Gasteiger partial charge < -0.3 is 10.6 Å². The molecule has 0 amide bonds. The van der Waals surface area contributed by atoms with Crippen LogP contribution < -0.4 is 5.73 Å². The molecule has 1 aromatic carbocycles. The number of rotatable bonds is 4. The normalized spacial score (nSPS) is 25.6. The van der Waals surface area contributed by atoms with Gasteiger partial charge in [0.05, 0.1) is 0 Å². The van der Waals surface area contributed by atoms with Gasteiger partial charge in [0.1, 0.15) is 0 Å². The summed E-state index contributed by atoms with van der Waals surface area (Å²) < 4.78 is 0. The molecule has 0 radical (unpaired) electrons. The number of hydrogen-bond donors (Lipinski definition) is 1. The SMILES string of the molecule is CN1CCCC(CN)(N(C)Cc2ccccc2)C1. The molecule has 0 aromatic heterocycles. The lowest BCUT2D eigenvalue weighted by Crippen LogP contribution is -2.60. The summed E-state index contributed by atoms with van der Waals surface area (Å²) in [5, 5.41) is 0. The largest absolute Gasteiger partial charge is 0.329 e. The quantitative estimate of drug-likeness (QED) is 0.876. The van der Waals surface area contributed by atoms with Crippen LogP contribution in [0.3, 0.4) is 0 Å². The van der Waals surface area contributed by atoms with Crippen LogP contribution in [0.5, 0.6) is 0 Å². The molecule has 1 saturated heterocycles. The van der Waals surface area contributed by atoms with E-state index in [-0.39, 0.29) is 5.54 Å². The van der Waals surface area contributed by atoms with Crippen molar-refractivity contribution in [3.63, 3.8) is 0 Å². The van der Waals surface area contributed by atoms with E-state index in [1.54, 1.807) is 0 Å². The zero-order valence-corrected chi connectivity index (χ0v) is 11.6. The van der Waals surface area contributed by atoms with Gasteiger partial charge in [0.2, 0.25) is 0 Å². The Hall–Kier alpha value is -0.900. The first-order valence-corrected chi connectivity index (χ1v) is 6.80. The third kappa shape index (κ3) is 2.91. The second-order valence-electron chi connectivity index (χ2n) is 5.61. The number of nitrogens with two attached hydrogens (primary N) is 1. The first-order valence-electron chi connectivity index (χ1n) is 6.80. The van der Waals surface area contributed by atoms with E-state index in [1.165, 1.54) is 24.9 Å². The van der Waals surface area contributed by atoms with E-state index in [0.29, 0.717) is 0 Å². The van der Waals surface area contributed by atoms with E-state index in [0.717, 1.165) is 19.6 Å². The van der Waals surface area contributed by atoms with Crippen LogP contribution >= 0.6 is 0 Å². The number of nitrogens with zero attached hydrogens (tertiary/aromatic N) is 2. The fourth-order valence-corrected chi connectivity index (χ4v) is 3.00. The second kappa shape index (κ2) is 5.83. The Balaban J connectivity index is 2.07. The number of likely N-dealkylation sites (N-methyl/N-ethyl adjacent to an activating group) is 2. The Kier molecular flexibility index (Phi) is 4.38.